The molecule has 0 radical (unpaired) electrons. The molecule has 0 atom stereocenters. The third kappa shape index (κ3) is 3.94. The van der Waals surface area contributed by atoms with E-state index in [2.05, 4.69) is 17.6 Å². The van der Waals surface area contributed by atoms with E-state index in [1.807, 2.05) is 38.1 Å². The van der Waals surface area contributed by atoms with E-state index < -0.39 is 5.97 Å². The number of methoxy groups -OCH3 is 1. The first-order chi connectivity index (χ1) is 11.5. The summed E-state index contributed by atoms with van der Waals surface area (Å²) >= 11 is 1.38. The molecule has 0 bridgehead atoms. The normalized spacial score (nSPS) is 10.3. The van der Waals surface area contributed by atoms with Gasteiger partial charge in [0.25, 0.3) is 0 Å². The Bertz CT molecular complexity index is 753. The molecule has 1 aromatic carbocycles. The Morgan fingerprint density at radius 2 is 1.92 bits per heavy atom. The molecule has 0 aliphatic carbocycles. The second-order valence-corrected chi connectivity index (χ2v) is 6.62. The lowest BCUT2D eigenvalue weighted by atomic mass is 10.1. The number of hydrogen-bond donors (Lipinski definition) is 2. The van der Waals surface area contributed by atoms with Gasteiger partial charge in [-0.15, -0.1) is 11.3 Å². The van der Waals surface area contributed by atoms with Crippen LogP contribution in [0.4, 0.5) is 10.7 Å². The van der Waals surface area contributed by atoms with E-state index >= 15 is 0 Å². The van der Waals surface area contributed by atoms with Crippen LogP contribution in [0.1, 0.15) is 33.3 Å². The number of esters is 1. The minimum Gasteiger partial charge on any atom is -0.465 e. The zero-order valence-electron chi connectivity index (χ0n) is 14.4. The number of aryl methyl sites for hydroxylation is 2. The lowest BCUT2D eigenvalue weighted by molar-refractivity contribution is -0.114. The van der Waals surface area contributed by atoms with Crippen molar-refractivity contribution >= 4 is 33.9 Å². The maximum absolute atomic E-state index is 12.3. The van der Waals surface area contributed by atoms with Gasteiger partial charge in [-0.1, -0.05) is 25.1 Å². The van der Waals surface area contributed by atoms with Gasteiger partial charge in [0.05, 0.1) is 19.2 Å². The number of amides is 1. The van der Waals surface area contributed by atoms with Gasteiger partial charge in [0.15, 0.2) is 0 Å². The quantitative estimate of drug-likeness (QED) is 0.782. The summed E-state index contributed by atoms with van der Waals surface area (Å²) in [4.78, 5) is 25.2. The summed E-state index contributed by atoms with van der Waals surface area (Å²) in [6.07, 6.45) is 0.889. The topological polar surface area (TPSA) is 67.4 Å². The van der Waals surface area contributed by atoms with Crippen LogP contribution < -0.4 is 10.6 Å². The van der Waals surface area contributed by atoms with Crippen molar-refractivity contribution in [2.45, 2.75) is 27.2 Å². The molecule has 0 unspecified atom stereocenters. The highest BCUT2D eigenvalue weighted by atomic mass is 32.1. The van der Waals surface area contributed by atoms with Crippen LogP contribution in [0.15, 0.2) is 24.3 Å². The Hall–Kier alpha value is -2.34. The molecule has 6 heteroatoms. The lowest BCUT2D eigenvalue weighted by Gasteiger charge is -2.11. The summed E-state index contributed by atoms with van der Waals surface area (Å²) in [5.74, 6) is -0.635. The molecule has 0 fully saturated rings. The average Bonchev–Trinajstić information content (AvgIpc) is 2.86. The van der Waals surface area contributed by atoms with Crippen LogP contribution in [-0.2, 0) is 16.0 Å². The number of rotatable bonds is 6. The highest BCUT2D eigenvalue weighted by molar-refractivity contribution is 7.16. The molecule has 24 heavy (non-hydrogen) atoms. The number of para-hydroxylation sites is 1. The molecule has 5 nitrogen and oxygen atoms in total. The van der Waals surface area contributed by atoms with E-state index in [-0.39, 0.29) is 12.5 Å². The van der Waals surface area contributed by atoms with Crippen molar-refractivity contribution in [1.29, 1.82) is 0 Å². The van der Waals surface area contributed by atoms with Gasteiger partial charge in [-0.3, -0.25) is 4.79 Å². The van der Waals surface area contributed by atoms with Gasteiger partial charge >= 0.3 is 5.97 Å². The number of carbonyl (C=O) groups excluding carboxylic acids is 2. The second-order valence-electron chi connectivity index (χ2n) is 5.39. The van der Waals surface area contributed by atoms with Crippen molar-refractivity contribution in [3.05, 3.63) is 45.8 Å². The molecule has 2 rings (SSSR count). The zero-order chi connectivity index (χ0) is 17.7. The van der Waals surface area contributed by atoms with Crippen molar-refractivity contribution in [1.82, 2.24) is 0 Å². The van der Waals surface area contributed by atoms with Gasteiger partial charge in [-0.05, 0) is 37.5 Å². The van der Waals surface area contributed by atoms with Crippen molar-refractivity contribution in [3.63, 3.8) is 0 Å². The van der Waals surface area contributed by atoms with Gasteiger partial charge in [0.2, 0.25) is 5.91 Å². The number of hydrogen-bond acceptors (Lipinski definition) is 5. The summed E-state index contributed by atoms with van der Waals surface area (Å²) < 4.78 is 4.81. The number of thiophene rings is 1. The van der Waals surface area contributed by atoms with Crippen LogP contribution in [0.2, 0.25) is 0 Å². The van der Waals surface area contributed by atoms with Crippen LogP contribution in [0.3, 0.4) is 0 Å². The van der Waals surface area contributed by atoms with Crippen LogP contribution in [0.5, 0.6) is 0 Å². The Kier molecular flexibility index (Phi) is 5.98. The lowest BCUT2D eigenvalue weighted by Crippen LogP contribution is -2.22. The third-order valence-electron chi connectivity index (χ3n) is 3.87. The van der Waals surface area contributed by atoms with Crippen molar-refractivity contribution in [2.75, 3.05) is 24.3 Å². The zero-order valence-corrected chi connectivity index (χ0v) is 15.2. The Balaban J connectivity index is 2.08. The molecule has 0 aliphatic rings. The summed E-state index contributed by atoms with van der Waals surface area (Å²) in [5, 5.41) is 6.49. The van der Waals surface area contributed by atoms with Crippen molar-refractivity contribution < 1.29 is 14.3 Å². The van der Waals surface area contributed by atoms with Crippen LogP contribution in [0, 0.1) is 13.8 Å². The van der Waals surface area contributed by atoms with E-state index in [0.717, 1.165) is 28.1 Å². The van der Waals surface area contributed by atoms with Gasteiger partial charge in [0, 0.05) is 10.6 Å². The first-order valence-corrected chi connectivity index (χ1v) is 8.59. The largest absolute Gasteiger partial charge is 0.465 e. The van der Waals surface area contributed by atoms with Crippen molar-refractivity contribution in [2.24, 2.45) is 0 Å². The standard InChI is InChI=1S/C18H22N2O3S/c1-5-13-8-6-7-9-14(13)19-10-15(21)20-17-16(18(22)23-4)11(2)12(3)24-17/h6-9,19H,5,10H2,1-4H3,(H,20,21). The minimum atomic E-state index is -0.434. The molecule has 128 valence electrons. The van der Waals surface area contributed by atoms with Gasteiger partial charge in [0.1, 0.15) is 5.00 Å². The molecule has 0 aliphatic heterocycles. The molecular formula is C18H22N2O3S. The number of carbonyl (C=O) groups is 2. The molecule has 1 aromatic heterocycles. The maximum atomic E-state index is 12.3. The fourth-order valence-corrected chi connectivity index (χ4v) is 3.47. The highest BCUT2D eigenvalue weighted by Gasteiger charge is 2.21. The predicted molar refractivity (Wildman–Crippen MR) is 98.1 cm³/mol. The Morgan fingerprint density at radius 3 is 2.58 bits per heavy atom. The number of nitrogens with one attached hydrogen (secondary N) is 2. The highest BCUT2D eigenvalue weighted by Crippen LogP contribution is 2.32. The molecular weight excluding hydrogens is 324 g/mol. The van der Waals surface area contributed by atoms with E-state index in [0.29, 0.717) is 10.6 Å². The summed E-state index contributed by atoms with van der Waals surface area (Å²) in [6.45, 7) is 5.97. The molecule has 2 N–H and O–H groups in total. The van der Waals surface area contributed by atoms with Crippen LogP contribution in [-0.4, -0.2) is 25.5 Å². The molecule has 0 saturated carbocycles. The molecule has 1 heterocycles. The number of anilines is 2. The fraction of sp³-hybridized carbons (Fsp3) is 0.333. The fourth-order valence-electron chi connectivity index (χ4n) is 2.41. The van der Waals surface area contributed by atoms with E-state index in [1.54, 1.807) is 0 Å². The monoisotopic (exact) mass is 346 g/mol. The molecule has 1 amide bonds. The van der Waals surface area contributed by atoms with Gasteiger partial charge < -0.3 is 15.4 Å². The SMILES string of the molecule is CCc1ccccc1NCC(=O)Nc1sc(C)c(C)c1C(=O)OC. The molecule has 0 spiro atoms. The minimum absolute atomic E-state index is 0.133. The molecule has 0 saturated heterocycles. The second kappa shape index (κ2) is 7.97. The summed E-state index contributed by atoms with van der Waals surface area (Å²) in [5.41, 5.74) is 3.37. The number of ether oxygens (including phenoxy) is 1. The van der Waals surface area contributed by atoms with Crippen molar-refractivity contribution in [3.8, 4) is 0 Å². The maximum Gasteiger partial charge on any atom is 0.341 e. The van der Waals surface area contributed by atoms with E-state index in [4.69, 9.17) is 4.74 Å². The summed E-state index contributed by atoms with van der Waals surface area (Å²) in [6, 6.07) is 7.89. The van der Waals surface area contributed by atoms with E-state index in [1.165, 1.54) is 18.4 Å². The first kappa shape index (κ1) is 18.0. The average molecular weight is 346 g/mol. The van der Waals surface area contributed by atoms with Gasteiger partial charge in [-0.25, -0.2) is 4.79 Å². The smallest absolute Gasteiger partial charge is 0.341 e. The number of benzene rings is 1. The Morgan fingerprint density at radius 1 is 1.21 bits per heavy atom. The van der Waals surface area contributed by atoms with Crippen LogP contribution in [0.25, 0.3) is 0 Å². The Labute approximate surface area is 146 Å². The predicted octanol–water partition coefficient (Wildman–Crippen LogP) is 3.76. The first-order valence-electron chi connectivity index (χ1n) is 7.77. The third-order valence-corrected chi connectivity index (χ3v) is 4.99. The summed E-state index contributed by atoms with van der Waals surface area (Å²) in [7, 11) is 1.34. The van der Waals surface area contributed by atoms with Gasteiger partial charge in [-0.2, -0.15) is 0 Å². The van der Waals surface area contributed by atoms with E-state index in [9.17, 15) is 9.59 Å². The molecule has 2 aromatic rings. The van der Waals surface area contributed by atoms with Crippen LogP contribution >= 0.6 is 11.3 Å².